The van der Waals surface area contributed by atoms with Crippen LogP contribution >= 0.6 is 11.3 Å². The smallest absolute Gasteiger partial charge is 0.234 e. The first-order valence-electron chi connectivity index (χ1n) is 8.60. The zero-order chi connectivity index (χ0) is 16.4. The molecule has 0 bridgehead atoms. The molecular weight excluding hydrogens is 310 g/mol. The monoisotopic (exact) mass is 335 g/mol. The lowest BCUT2D eigenvalue weighted by Crippen LogP contribution is -2.43. The minimum absolute atomic E-state index is 0.270. The molecule has 1 amide bonds. The van der Waals surface area contributed by atoms with Crippen molar-refractivity contribution >= 4 is 22.2 Å². The third-order valence-electron chi connectivity index (χ3n) is 4.54. The molecule has 1 unspecified atom stereocenters. The highest BCUT2D eigenvalue weighted by Crippen LogP contribution is 2.22. The lowest BCUT2D eigenvalue weighted by atomic mass is 9.99. The van der Waals surface area contributed by atoms with Crippen LogP contribution in [0.15, 0.2) is 0 Å². The Morgan fingerprint density at radius 1 is 1.35 bits per heavy atom. The third-order valence-corrected chi connectivity index (χ3v) is 5.50. The summed E-state index contributed by atoms with van der Waals surface area (Å²) in [6.07, 6.45) is 5.82. The van der Waals surface area contributed by atoms with Crippen molar-refractivity contribution in [2.24, 2.45) is 0 Å². The second kappa shape index (κ2) is 6.95. The van der Waals surface area contributed by atoms with Gasteiger partial charge in [0.1, 0.15) is 5.01 Å². The van der Waals surface area contributed by atoms with E-state index >= 15 is 0 Å². The number of carbonyl (C=O) groups excluding carboxylic acids is 1. The molecule has 3 heterocycles. The summed E-state index contributed by atoms with van der Waals surface area (Å²) in [5.74, 6) is 1.45. The van der Waals surface area contributed by atoms with Gasteiger partial charge >= 0.3 is 0 Å². The quantitative estimate of drug-likeness (QED) is 0.842. The molecule has 7 heteroatoms. The van der Waals surface area contributed by atoms with Crippen LogP contribution in [-0.4, -0.2) is 43.2 Å². The summed E-state index contributed by atoms with van der Waals surface area (Å²) in [7, 11) is 0. The van der Waals surface area contributed by atoms with E-state index in [2.05, 4.69) is 41.0 Å². The largest absolute Gasteiger partial charge is 0.340 e. The maximum Gasteiger partial charge on any atom is 0.234 e. The van der Waals surface area contributed by atoms with Crippen LogP contribution in [-0.2, 0) is 11.2 Å². The van der Waals surface area contributed by atoms with Gasteiger partial charge in [0, 0.05) is 31.3 Å². The molecule has 0 saturated carbocycles. The number of aryl methyl sites for hydroxylation is 1. The summed E-state index contributed by atoms with van der Waals surface area (Å²) in [5, 5.41) is 13.9. The van der Waals surface area contributed by atoms with Gasteiger partial charge in [-0.05, 0) is 25.7 Å². The van der Waals surface area contributed by atoms with E-state index in [1.165, 1.54) is 17.8 Å². The van der Waals surface area contributed by atoms with E-state index in [0.29, 0.717) is 24.8 Å². The average Bonchev–Trinajstić information content (AvgIpc) is 3.12. The summed E-state index contributed by atoms with van der Waals surface area (Å²) < 4.78 is 1.82. The zero-order valence-electron chi connectivity index (χ0n) is 14.2. The van der Waals surface area contributed by atoms with Crippen molar-refractivity contribution < 1.29 is 4.79 Å². The van der Waals surface area contributed by atoms with Crippen LogP contribution in [0.3, 0.4) is 0 Å². The topological polar surface area (TPSA) is 63.4 Å². The molecule has 0 spiro atoms. The fourth-order valence-corrected chi connectivity index (χ4v) is 4.08. The van der Waals surface area contributed by atoms with Crippen molar-refractivity contribution in [3.8, 4) is 0 Å². The molecule has 1 aliphatic heterocycles. The fourth-order valence-electron chi connectivity index (χ4n) is 3.24. The standard InChI is InChI=1S/C16H25N5OS/c1-4-12-7-5-6-10-20(12)14(22)9-8-13-19-21-15(11(2)3)17-18-16(21)23-13/h11-12H,4-10H2,1-3H3. The van der Waals surface area contributed by atoms with Gasteiger partial charge < -0.3 is 4.90 Å². The maximum absolute atomic E-state index is 12.5. The average molecular weight is 335 g/mol. The van der Waals surface area contributed by atoms with E-state index < -0.39 is 0 Å². The number of likely N-dealkylation sites (tertiary alicyclic amines) is 1. The minimum Gasteiger partial charge on any atom is -0.340 e. The Kier molecular flexibility index (Phi) is 4.94. The predicted molar refractivity (Wildman–Crippen MR) is 90.7 cm³/mol. The molecule has 3 rings (SSSR count). The normalized spacial score (nSPS) is 19.0. The molecule has 1 aliphatic rings. The lowest BCUT2D eigenvalue weighted by Gasteiger charge is -2.35. The molecule has 0 radical (unpaired) electrons. The first kappa shape index (κ1) is 16.4. The number of fused-ring (bicyclic) bond motifs is 1. The highest BCUT2D eigenvalue weighted by molar-refractivity contribution is 7.16. The number of amides is 1. The van der Waals surface area contributed by atoms with Crippen LogP contribution in [0.25, 0.3) is 4.96 Å². The Bertz CT molecular complexity index is 677. The van der Waals surface area contributed by atoms with Crippen molar-refractivity contribution in [1.82, 2.24) is 24.7 Å². The first-order chi connectivity index (χ1) is 11.1. The fraction of sp³-hybridized carbons (Fsp3) is 0.750. The molecule has 1 fully saturated rings. The van der Waals surface area contributed by atoms with Crippen LogP contribution in [0.4, 0.5) is 0 Å². The Morgan fingerprint density at radius 3 is 2.91 bits per heavy atom. The van der Waals surface area contributed by atoms with Crippen molar-refractivity contribution in [2.45, 2.75) is 71.3 Å². The van der Waals surface area contributed by atoms with E-state index in [0.717, 1.165) is 41.6 Å². The Hall–Kier alpha value is -1.50. The van der Waals surface area contributed by atoms with Crippen LogP contribution in [0, 0.1) is 0 Å². The molecule has 126 valence electrons. The minimum atomic E-state index is 0.270. The number of piperidine rings is 1. The number of nitrogens with zero attached hydrogens (tertiary/aromatic N) is 5. The van der Waals surface area contributed by atoms with Gasteiger partial charge in [0.05, 0.1) is 0 Å². The van der Waals surface area contributed by atoms with E-state index in [1.807, 2.05) is 4.52 Å². The molecule has 2 aromatic heterocycles. The van der Waals surface area contributed by atoms with Crippen LogP contribution in [0.2, 0.25) is 0 Å². The van der Waals surface area contributed by atoms with Gasteiger partial charge in [-0.15, -0.1) is 10.2 Å². The molecule has 6 nitrogen and oxygen atoms in total. The van der Waals surface area contributed by atoms with Gasteiger partial charge in [-0.2, -0.15) is 9.61 Å². The van der Waals surface area contributed by atoms with Gasteiger partial charge in [0.2, 0.25) is 10.9 Å². The molecule has 1 atom stereocenters. The third kappa shape index (κ3) is 3.39. The van der Waals surface area contributed by atoms with Crippen LogP contribution in [0.1, 0.15) is 69.6 Å². The summed E-state index contributed by atoms with van der Waals surface area (Å²) in [6.45, 7) is 7.26. The summed E-state index contributed by atoms with van der Waals surface area (Å²) in [5.41, 5.74) is 0. The molecule has 0 aromatic carbocycles. The van der Waals surface area contributed by atoms with Gasteiger partial charge in [-0.25, -0.2) is 0 Å². The van der Waals surface area contributed by atoms with Crippen molar-refractivity contribution in [1.29, 1.82) is 0 Å². The van der Waals surface area contributed by atoms with Gasteiger partial charge in [0.25, 0.3) is 0 Å². The van der Waals surface area contributed by atoms with E-state index in [1.54, 1.807) is 0 Å². The molecule has 2 aromatic rings. The van der Waals surface area contributed by atoms with Gasteiger partial charge in [-0.3, -0.25) is 4.79 Å². The highest BCUT2D eigenvalue weighted by Gasteiger charge is 2.25. The molecule has 0 N–H and O–H groups in total. The van der Waals surface area contributed by atoms with Crippen LogP contribution in [0.5, 0.6) is 0 Å². The zero-order valence-corrected chi connectivity index (χ0v) is 15.0. The van der Waals surface area contributed by atoms with Crippen LogP contribution < -0.4 is 0 Å². The molecule has 0 aliphatic carbocycles. The van der Waals surface area contributed by atoms with Crippen molar-refractivity contribution in [2.75, 3.05) is 6.54 Å². The summed E-state index contributed by atoms with van der Waals surface area (Å²) >= 11 is 1.54. The number of aromatic nitrogens is 4. The number of carbonyl (C=O) groups is 1. The lowest BCUT2D eigenvalue weighted by molar-refractivity contribution is -0.134. The summed E-state index contributed by atoms with van der Waals surface area (Å²) in [6, 6.07) is 0.432. The van der Waals surface area contributed by atoms with E-state index in [9.17, 15) is 4.79 Å². The Balaban J connectivity index is 1.64. The van der Waals surface area contributed by atoms with Gasteiger partial charge in [0.15, 0.2) is 5.82 Å². The molecule has 23 heavy (non-hydrogen) atoms. The number of hydrogen-bond donors (Lipinski definition) is 0. The predicted octanol–water partition coefficient (Wildman–Crippen LogP) is 3.03. The van der Waals surface area contributed by atoms with Gasteiger partial charge in [-0.1, -0.05) is 32.1 Å². The van der Waals surface area contributed by atoms with Crippen molar-refractivity contribution in [3.63, 3.8) is 0 Å². The summed E-state index contributed by atoms with van der Waals surface area (Å²) in [4.78, 5) is 15.4. The SMILES string of the molecule is CCC1CCCCN1C(=O)CCc1nn2c(C(C)C)nnc2s1. The number of rotatable bonds is 5. The highest BCUT2D eigenvalue weighted by atomic mass is 32.1. The molecule has 1 saturated heterocycles. The maximum atomic E-state index is 12.5. The second-order valence-electron chi connectivity index (χ2n) is 6.55. The second-order valence-corrected chi connectivity index (χ2v) is 7.59. The Morgan fingerprint density at radius 2 is 2.17 bits per heavy atom. The van der Waals surface area contributed by atoms with E-state index in [4.69, 9.17) is 0 Å². The molecular formula is C16H25N5OS. The van der Waals surface area contributed by atoms with E-state index in [-0.39, 0.29) is 5.91 Å². The number of hydrogen-bond acceptors (Lipinski definition) is 5. The Labute approximate surface area is 140 Å². The van der Waals surface area contributed by atoms with Crippen molar-refractivity contribution in [3.05, 3.63) is 10.8 Å². The first-order valence-corrected chi connectivity index (χ1v) is 9.42.